The third-order valence-electron chi connectivity index (χ3n) is 2.85. The maximum atomic E-state index is 13.0. The maximum absolute atomic E-state index is 13.0. The lowest BCUT2D eigenvalue weighted by atomic mass is 10.1. The lowest BCUT2D eigenvalue weighted by molar-refractivity contribution is -0.131. The smallest absolute Gasteiger partial charge is 0.241 e. The molecule has 2 rings (SSSR count). The number of amidine groups is 1. The van der Waals surface area contributed by atoms with Gasteiger partial charge in [-0.25, -0.2) is 9.40 Å². The Hall–Kier alpha value is -1.89. The number of nitrogens with zero attached hydrogens (tertiary/aromatic N) is 2. The molecule has 1 N–H and O–H groups in total. The number of hydrogen-bond acceptors (Lipinski definition) is 4. The van der Waals surface area contributed by atoms with E-state index in [1.807, 2.05) is 0 Å². The Morgan fingerprint density at radius 1 is 1.30 bits per heavy atom. The van der Waals surface area contributed by atoms with Gasteiger partial charge < -0.3 is 5.32 Å². The number of hydrazone groups is 1. The summed E-state index contributed by atoms with van der Waals surface area (Å²) in [4.78, 5) is 22.1. The molecule has 1 heterocycles. The summed E-state index contributed by atoms with van der Waals surface area (Å²) < 4.78 is 13.0. The van der Waals surface area contributed by atoms with Gasteiger partial charge in [-0.05, 0) is 24.6 Å². The monoisotopic (exact) mass is 295 g/mol. The Balaban J connectivity index is 2.37. The second kappa shape index (κ2) is 5.24. The van der Waals surface area contributed by atoms with E-state index in [0.29, 0.717) is 5.17 Å². The van der Waals surface area contributed by atoms with Crippen LogP contribution in [-0.4, -0.2) is 22.0 Å². The fraction of sp³-hybridized carbons (Fsp3) is 0.308. The fourth-order valence-corrected chi connectivity index (χ4v) is 3.15. The molecule has 0 bridgehead atoms. The van der Waals surface area contributed by atoms with Gasteiger partial charge in [0.15, 0.2) is 5.17 Å². The zero-order valence-electron chi connectivity index (χ0n) is 11.3. The van der Waals surface area contributed by atoms with Crippen molar-refractivity contribution in [3.63, 3.8) is 0 Å². The highest BCUT2D eigenvalue weighted by atomic mass is 32.2. The molecule has 106 valence electrons. The summed E-state index contributed by atoms with van der Waals surface area (Å²) >= 11 is 1.24. The van der Waals surface area contributed by atoms with Gasteiger partial charge in [0.05, 0.1) is 0 Å². The first-order valence-electron chi connectivity index (χ1n) is 5.95. The van der Waals surface area contributed by atoms with Crippen molar-refractivity contribution in [2.24, 2.45) is 5.10 Å². The lowest BCUT2D eigenvalue weighted by Crippen LogP contribution is -2.37. The van der Waals surface area contributed by atoms with Gasteiger partial charge in [-0.2, -0.15) is 0 Å². The molecule has 1 atom stereocenters. The fourth-order valence-electron chi connectivity index (χ4n) is 1.95. The summed E-state index contributed by atoms with van der Waals surface area (Å²) in [6.07, 6.45) is 0. The summed E-state index contributed by atoms with van der Waals surface area (Å²) in [5.41, 5.74) is 0.725. The van der Waals surface area contributed by atoms with Crippen molar-refractivity contribution in [3.05, 3.63) is 35.6 Å². The molecule has 0 aromatic heterocycles. The molecule has 7 heteroatoms. The highest BCUT2D eigenvalue weighted by Crippen LogP contribution is 2.44. The second-order valence-electron chi connectivity index (χ2n) is 4.51. The molecular weight excluding hydrogens is 281 g/mol. The van der Waals surface area contributed by atoms with Crippen LogP contribution in [0.1, 0.15) is 26.3 Å². The molecule has 1 aliphatic heterocycles. The Kier molecular flexibility index (Phi) is 3.80. The van der Waals surface area contributed by atoms with Crippen molar-refractivity contribution in [1.29, 1.82) is 0 Å². The summed E-state index contributed by atoms with van der Waals surface area (Å²) in [6, 6.07) is 5.86. The number of amides is 2. The number of benzene rings is 1. The first kappa shape index (κ1) is 14.5. The number of nitrogens with one attached hydrogen (secondary N) is 1. The molecular formula is C13H14FN3O2S. The molecule has 5 nitrogen and oxygen atoms in total. The Labute approximate surface area is 120 Å². The van der Waals surface area contributed by atoms with E-state index in [0.717, 1.165) is 5.56 Å². The predicted molar refractivity (Wildman–Crippen MR) is 75.1 cm³/mol. The molecule has 0 saturated heterocycles. The van der Waals surface area contributed by atoms with Crippen molar-refractivity contribution in [2.45, 2.75) is 25.6 Å². The predicted octanol–water partition coefficient (Wildman–Crippen LogP) is 2.00. The van der Waals surface area contributed by atoms with E-state index in [9.17, 15) is 14.0 Å². The third-order valence-corrected chi connectivity index (χ3v) is 4.03. The third kappa shape index (κ3) is 2.67. The molecule has 0 aliphatic carbocycles. The van der Waals surface area contributed by atoms with Gasteiger partial charge in [-0.15, -0.1) is 5.10 Å². The van der Waals surface area contributed by atoms with Crippen LogP contribution < -0.4 is 5.32 Å². The van der Waals surface area contributed by atoms with E-state index in [1.165, 1.54) is 42.8 Å². The van der Waals surface area contributed by atoms with Gasteiger partial charge in [0.1, 0.15) is 10.7 Å². The summed E-state index contributed by atoms with van der Waals surface area (Å²) in [6.45, 7) is 4.56. The molecule has 0 fully saturated rings. The van der Waals surface area contributed by atoms with Crippen LogP contribution in [0.4, 0.5) is 4.39 Å². The van der Waals surface area contributed by atoms with Crippen molar-refractivity contribution in [1.82, 2.24) is 10.3 Å². The van der Waals surface area contributed by atoms with Crippen LogP contribution in [0.25, 0.3) is 0 Å². The molecule has 0 radical (unpaired) electrons. The van der Waals surface area contributed by atoms with Gasteiger partial charge in [0.25, 0.3) is 0 Å². The minimum atomic E-state index is -0.808. The number of carbonyl (C=O) groups is 2. The van der Waals surface area contributed by atoms with E-state index in [-0.39, 0.29) is 17.6 Å². The Morgan fingerprint density at radius 2 is 1.90 bits per heavy atom. The first-order chi connectivity index (χ1) is 9.33. The van der Waals surface area contributed by atoms with Crippen molar-refractivity contribution in [2.75, 3.05) is 0 Å². The van der Waals surface area contributed by atoms with Gasteiger partial charge >= 0.3 is 0 Å². The van der Waals surface area contributed by atoms with Crippen LogP contribution in [0.15, 0.2) is 29.4 Å². The minimum Gasteiger partial charge on any atom is -0.304 e. The SMILES string of the molecule is CC(=O)NC1=NN(C(C)=O)[C@](C)(c2ccc(F)cc2)S1. The van der Waals surface area contributed by atoms with E-state index in [2.05, 4.69) is 10.4 Å². The molecule has 0 saturated carbocycles. The molecule has 20 heavy (non-hydrogen) atoms. The highest BCUT2D eigenvalue weighted by molar-refractivity contribution is 8.14. The van der Waals surface area contributed by atoms with E-state index < -0.39 is 4.87 Å². The van der Waals surface area contributed by atoms with Crippen LogP contribution in [0, 0.1) is 5.82 Å². The number of thioether (sulfide) groups is 1. The number of carbonyl (C=O) groups excluding carboxylic acids is 2. The van der Waals surface area contributed by atoms with E-state index >= 15 is 0 Å². The van der Waals surface area contributed by atoms with Crippen LogP contribution >= 0.6 is 11.8 Å². The maximum Gasteiger partial charge on any atom is 0.241 e. The Morgan fingerprint density at radius 3 is 2.40 bits per heavy atom. The zero-order valence-corrected chi connectivity index (χ0v) is 12.1. The normalized spacial score (nSPS) is 21.6. The molecule has 1 aromatic carbocycles. The van der Waals surface area contributed by atoms with Crippen LogP contribution in [0.5, 0.6) is 0 Å². The second-order valence-corrected chi connectivity index (χ2v) is 5.89. The van der Waals surface area contributed by atoms with Gasteiger partial charge in [0, 0.05) is 13.8 Å². The summed E-state index contributed by atoms with van der Waals surface area (Å²) in [7, 11) is 0. The molecule has 1 aromatic rings. The number of halogens is 1. The quantitative estimate of drug-likeness (QED) is 0.862. The van der Waals surface area contributed by atoms with E-state index in [1.54, 1.807) is 19.1 Å². The topological polar surface area (TPSA) is 61.8 Å². The van der Waals surface area contributed by atoms with Gasteiger partial charge in [-0.3, -0.25) is 9.59 Å². The molecule has 2 amide bonds. The molecule has 1 aliphatic rings. The average Bonchev–Trinajstić information content (AvgIpc) is 2.67. The number of hydrogen-bond donors (Lipinski definition) is 1. The van der Waals surface area contributed by atoms with Crippen LogP contribution in [0.3, 0.4) is 0 Å². The molecule has 0 unspecified atom stereocenters. The lowest BCUT2D eigenvalue weighted by Gasteiger charge is -2.31. The average molecular weight is 295 g/mol. The van der Waals surface area contributed by atoms with E-state index in [4.69, 9.17) is 0 Å². The first-order valence-corrected chi connectivity index (χ1v) is 6.76. The van der Waals surface area contributed by atoms with Crippen molar-refractivity contribution in [3.8, 4) is 0 Å². The zero-order chi connectivity index (χ0) is 14.9. The Bertz CT molecular complexity index is 588. The highest BCUT2D eigenvalue weighted by Gasteiger charge is 2.43. The van der Waals surface area contributed by atoms with Crippen LogP contribution in [-0.2, 0) is 14.5 Å². The van der Waals surface area contributed by atoms with Crippen LogP contribution in [0.2, 0.25) is 0 Å². The summed E-state index contributed by atoms with van der Waals surface area (Å²) in [5, 5.41) is 8.32. The van der Waals surface area contributed by atoms with Gasteiger partial charge in [0.2, 0.25) is 11.8 Å². The van der Waals surface area contributed by atoms with Crippen molar-refractivity contribution >= 4 is 28.7 Å². The molecule has 0 spiro atoms. The van der Waals surface area contributed by atoms with Gasteiger partial charge in [-0.1, -0.05) is 23.9 Å². The minimum absolute atomic E-state index is 0.260. The largest absolute Gasteiger partial charge is 0.304 e. The van der Waals surface area contributed by atoms with Crippen molar-refractivity contribution < 1.29 is 14.0 Å². The standard InChI is InChI=1S/C13H14FN3O2S/c1-8(18)15-12-16-17(9(2)19)13(3,20-12)10-4-6-11(14)7-5-10/h4-7H,1-3H3,(H,15,16,18)/t13-/m0/s1. The number of rotatable bonds is 1. The summed E-state index contributed by atoms with van der Waals surface area (Å²) in [5.74, 6) is -0.870.